The van der Waals surface area contributed by atoms with Crippen LogP contribution in [0.2, 0.25) is 0 Å². The van der Waals surface area contributed by atoms with E-state index in [9.17, 15) is 4.79 Å². The highest BCUT2D eigenvalue weighted by atomic mass is 16.5. The SMILES string of the molecule is COC(CNC(=O)C1CCCN1)C(C)C. The topological polar surface area (TPSA) is 50.4 Å². The van der Waals surface area contributed by atoms with Crippen LogP contribution >= 0.6 is 0 Å². The third kappa shape index (κ3) is 3.80. The summed E-state index contributed by atoms with van der Waals surface area (Å²) in [5.41, 5.74) is 0. The molecule has 1 heterocycles. The third-order valence-electron chi connectivity index (χ3n) is 2.90. The molecule has 0 spiro atoms. The van der Waals surface area contributed by atoms with E-state index < -0.39 is 0 Å². The minimum Gasteiger partial charge on any atom is -0.379 e. The lowest BCUT2D eigenvalue weighted by Gasteiger charge is -2.20. The maximum absolute atomic E-state index is 11.7. The van der Waals surface area contributed by atoms with Crippen LogP contribution in [0.4, 0.5) is 0 Å². The van der Waals surface area contributed by atoms with Crippen molar-refractivity contribution in [2.24, 2.45) is 5.92 Å². The summed E-state index contributed by atoms with van der Waals surface area (Å²) in [7, 11) is 1.69. The second-order valence-corrected chi connectivity index (χ2v) is 4.41. The Balaban J connectivity index is 2.25. The van der Waals surface area contributed by atoms with Gasteiger partial charge >= 0.3 is 0 Å². The number of carbonyl (C=O) groups excluding carboxylic acids is 1. The zero-order chi connectivity index (χ0) is 11.3. The van der Waals surface area contributed by atoms with Gasteiger partial charge in [-0.15, -0.1) is 0 Å². The highest BCUT2D eigenvalue weighted by Gasteiger charge is 2.22. The van der Waals surface area contributed by atoms with Crippen molar-refractivity contribution in [1.29, 1.82) is 0 Å². The van der Waals surface area contributed by atoms with E-state index in [1.165, 1.54) is 0 Å². The van der Waals surface area contributed by atoms with E-state index in [0.717, 1.165) is 19.4 Å². The number of hydrogen-bond donors (Lipinski definition) is 2. The number of ether oxygens (including phenoxy) is 1. The average molecular weight is 214 g/mol. The molecule has 0 aromatic carbocycles. The standard InChI is InChI=1S/C11H22N2O2/c1-8(2)10(15-3)7-13-11(14)9-5-4-6-12-9/h8-10,12H,4-7H2,1-3H3,(H,13,14). The van der Waals surface area contributed by atoms with Gasteiger partial charge in [-0.05, 0) is 25.3 Å². The molecule has 0 aliphatic carbocycles. The van der Waals surface area contributed by atoms with Crippen LogP contribution in [0.15, 0.2) is 0 Å². The number of carbonyl (C=O) groups is 1. The molecule has 0 bridgehead atoms. The Labute approximate surface area is 91.8 Å². The first-order valence-electron chi connectivity index (χ1n) is 5.69. The van der Waals surface area contributed by atoms with E-state index in [1.54, 1.807) is 7.11 Å². The van der Waals surface area contributed by atoms with Gasteiger partial charge in [0.1, 0.15) is 0 Å². The predicted molar refractivity (Wildman–Crippen MR) is 59.7 cm³/mol. The number of methoxy groups -OCH3 is 1. The van der Waals surface area contributed by atoms with Crippen molar-refractivity contribution in [3.8, 4) is 0 Å². The van der Waals surface area contributed by atoms with Gasteiger partial charge in [-0.25, -0.2) is 0 Å². The summed E-state index contributed by atoms with van der Waals surface area (Å²) in [6.45, 7) is 5.74. The minimum atomic E-state index is 0.00895. The van der Waals surface area contributed by atoms with E-state index in [4.69, 9.17) is 4.74 Å². The predicted octanol–water partition coefficient (Wildman–Crippen LogP) is 0.526. The minimum absolute atomic E-state index is 0.00895. The Morgan fingerprint density at radius 2 is 2.33 bits per heavy atom. The van der Waals surface area contributed by atoms with Gasteiger partial charge in [0.25, 0.3) is 0 Å². The summed E-state index contributed by atoms with van der Waals surface area (Å²) < 4.78 is 5.29. The van der Waals surface area contributed by atoms with Crippen molar-refractivity contribution in [1.82, 2.24) is 10.6 Å². The zero-order valence-electron chi connectivity index (χ0n) is 9.88. The fourth-order valence-electron chi connectivity index (χ4n) is 1.82. The molecule has 1 rings (SSSR count). The van der Waals surface area contributed by atoms with Gasteiger partial charge < -0.3 is 15.4 Å². The average Bonchev–Trinajstić information content (AvgIpc) is 2.70. The van der Waals surface area contributed by atoms with Crippen molar-refractivity contribution in [3.63, 3.8) is 0 Å². The Bertz CT molecular complexity index is 201. The molecule has 2 N–H and O–H groups in total. The summed E-state index contributed by atoms with van der Waals surface area (Å²) in [6.07, 6.45) is 2.15. The van der Waals surface area contributed by atoms with Crippen LogP contribution in [-0.2, 0) is 9.53 Å². The Morgan fingerprint density at radius 1 is 1.60 bits per heavy atom. The summed E-state index contributed by atoms with van der Waals surface area (Å²) in [6, 6.07) is 0.00895. The van der Waals surface area contributed by atoms with Gasteiger partial charge in [0.05, 0.1) is 12.1 Å². The molecule has 1 amide bonds. The molecular weight excluding hydrogens is 192 g/mol. The van der Waals surface area contributed by atoms with Crippen LogP contribution in [0.25, 0.3) is 0 Å². The quantitative estimate of drug-likeness (QED) is 0.701. The maximum Gasteiger partial charge on any atom is 0.237 e. The fraction of sp³-hybridized carbons (Fsp3) is 0.909. The highest BCUT2D eigenvalue weighted by molar-refractivity contribution is 5.82. The molecule has 0 saturated carbocycles. The van der Waals surface area contributed by atoms with Crippen LogP contribution in [0.3, 0.4) is 0 Å². The first-order valence-corrected chi connectivity index (χ1v) is 5.69. The molecule has 4 heteroatoms. The summed E-state index contributed by atoms with van der Waals surface area (Å²) in [5.74, 6) is 0.530. The summed E-state index contributed by atoms with van der Waals surface area (Å²) in [5, 5.41) is 6.10. The Hall–Kier alpha value is -0.610. The van der Waals surface area contributed by atoms with Gasteiger partial charge in [0.15, 0.2) is 0 Å². The maximum atomic E-state index is 11.7. The molecule has 2 unspecified atom stereocenters. The second-order valence-electron chi connectivity index (χ2n) is 4.41. The zero-order valence-corrected chi connectivity index (χ0v) is 9.88. The first-order chi connectivity index (χ1) is 7.15. The molecular formula is C11H22N2O2. The summed E-state index contributed by atoms with van der Waals surface area (Å²) >= 11 is 0. The third-order valence-corrected chi connectivity index (χ3v) is 2.90. The van der Waals surface area contributed by atoms with Gasteiger partial charge in [0.2, 0.25) is 5.91 Å². The van der Waals surface area contributed by atoms with E-state index in [-0.39, 0.29) is 18.1 Å². The van der Waals surface area contributed by atoms with Crippen LogP contribution in [0, 0.1) is 5.92 Å². The van der Waals surface area contributed by atoms with Crippen LogP contribution < -0.4 is 10.6 Å². The van der Waals surface area contributed by atoms with Crippen molar-refractivity contribution < 1.29 is 9.53 Å². The van der Waals surface area contributed by atoms with Crippen molar-refractivity contribution in [2.75, 3.05) is 20.2 Å². The van der Waals surface area contributed by atoms with Gasteiger partial charge in [0, 0.05) is 13.7 Å². The van der Waals surface area contributed by atoms with Crippen molar-refractivity contribution in [2.45, 2.75) is 38.8 Å². The smallest absolute Gasteiger partial charge is 0.237 e. The second kappa shape index (κ2) is 6.08. The molecule has 1 fully saturated rings. The lowest BCUT2D eigenvalue weighted by Crippen LogP contribution is -2.44. The molecule has 15 heavy (non-hydrogen) atoms. The number of hydrogen-bond acceptors (Lipinski definition) is 3. The van der Waals surface area contributed by atoms with E-state index in [0.29, 0.717) is 12.5 Å². The van der Waals surface area contributed by atoms with Crippen LogP contribution in [0.5, 0.6) is 0 Å². The van der Waals surface area contributed by atoms with E-state index in [1.807, 2.05) is 0 Å². The van der Waals surface area contributed by atoms with E-state index in [2.05, 4.69) is 24.5 Å². The Kier molecular flexibility index (Phi) is 5.05. The molecule has 0 aromatic heterocycles. The number of amides is 1. The van der Waals surface area contributed by atoms with Crippen LogP contribution in [-0.4, -0.2) is 38.3 Å². The molecule has 0 radical (unpaired) electrons. The molecule has 4 nitrogen and oxygen atoms in total. The molecule has 1 aliphatic rings. The summed E-state index contributed by atoms with van der Waals surface area (Å²) in [4.78, 5) is 11.7. The van der Waals surface area contributed by atoms with E-state index >= 15 is 0 Å². The van der Waals surface area contributed by atoms with Crippen molar-refractivity contribution >= 4 is 5.91 Å². The lowest BCUT2D eigenvalue weighted by molar-refractivity contribution is -0.123. The van der Waals surface area contributed by atoms with Gasteiger partial charge in [-0.1, -0.05) is 13.8 Å². The largest absolute Gasteiger partial charge is 0.379 e. The molecule has 88 valence electrons. The molecule has 1 aliphatic heterocycles. The fourth-order valence-corrected chi connectivity index (χ4v) is 1.82. The highest BCUT2D eigenvalue weighted by Crippen LogP contribution is 2.06. The molecule has 0 aromatic rings. The van der Waals surface area contributed by atoms with Crippen LogP contribution in [0.1, 0.15) is 26.7 Å². The number of rotatable bonds is 5. The molecule has 1 saturated heterocycles. The van der Waals surface area contributed by atoms with Gasteiger partial charge in [-0.3, -0.25) is 4.79 Å². The molecule has 2 atom stereocenters. The Morgan fingerprint density at radius 3 is 2.80 bits per heavy atom. The lowest BCUT2D eigenvalue weighted by atomic mass is 10.1. The normalized spacial score (nSPS) is 23.1. The van der Waals surface area contributed by atoms with Gasteiger partial charge in [-0.2, -0.15) is 0 Å². The number of nitrogens with one attached hydrogen (secondary N) is 2. The first kappa shape index (κ1) is 12.5. The van der Waals surface area contributed by atoms with Crippen molar-refractivity contribution in [3.05, 3.63) is 0 Å². The monoisotopic (exact) mass is 214 g/mol.